The first-order valence-electron chi connectivity index (χ1n) is 8.19. The quantitative estimate of drug-likeness (QED) is 0.433. The summed E-state index contributed by atoms with van der Waals surface area (Å²) in [4.78, 5) is 24.7. The van der Waals surface area contributed by atoms with Crippen LogP contribution in [0.15, 0.2) is 32.2 Å². The molecule has 1 aliphatic carbocycles. The van der Waals surface area contributed by atoms with Gasteiger partial charge in [-0.2, -0.15) is 0 Å². The number of hydrogen-bond acceptors (Lipinski definition) is 7. The lowest BCUT2D eigenvalue weighted by atomic mass is 9.87. The minimum atomic E-state index is -1.15. The van der Waals surface area contributed by atoms with E-state index in [-0.39, 0.29) is 18.0 Å². The first-order valence-corrected chi connectivity index (χ1v) is 9.78. The molecule has 0 unspecified atom stereocenters. The number of aliphatic hydroxyl groups excluding tert-OH is 1. The van der Waals surface area contributed by atoms with E-state index in [2.05, 4.69) is 52.3 Å². The summed E-state index contributed by atoms with van der Waals surface area (Å²) in [6, 6.07) is 0. The van der Waals surface area contributed by atoms with Crippen LogP contribution < -0.4 is 11.1 Å². The standard InChI is InChI=1S/C16H19Br2N5O4/c1-26-12-9(17)5-16(13(24)11(12)18)6-10(23-27-16)14(25)20-4-2-3-8-7-21-15(19)22-8/h5,7,13,24H,2-4,6H2,1H3,(H,20,25)(H3,19,21,22)/t13-,16+/m1/s1. The van der Waals surface area contributed by atoms with Gasteiger partial charge in [-0.1, -0.05) is 5.16 Å². The molecule has 0 saturated carbocycles. The number of nitrogens with two attached hydrogens (primary N) is 1. The molecule has 2 heterocycles. The Morgan fingerprint density at radius 3 is 3.04 bits per heavy atom. The Morgan fingerprint density at radius 2 is 2.37 bits per heavy atom. The number of nitrogen functional groups attached to an aromatic ring is 1. The number of ether oxygens (including phenoxy) is 1. The zero-order chi connectivity index (χ0) is 19.6. The summed E-state index contributed by atoms with van der Waals surface area (Å²) in [5.74, 6) is 0.512. The summed E-state index contributed by atoms with van der Waals surface area (Å²) in [6.07, 6.45) is 3.85. The second-order valence-electron chi connectivity index (χ2n) is 6.19. The molecule has 146 valence electrons. The number of carbonyl (C=O) groups is 1. The van der Waals surface area contributed by atoms with Crippen molar-refractivity contribution in [3.05, 3.63) is 32.7 Å². The number of H-pyrrole nitrogens is 1. The summed E-state index contributed by atoms with van der Waals surface area (Å²) in [5, 5.41) is 17.3. The van der Waals surface area contributed by atoms with Gasteiger partial charge in [0.1, 0.15) is 17.6 Å². The topological polar surface area (TPSA) is 135 Å². The third kappa shape index (κ3) is 4.04. The Morgan fingerprint density at radius 1 is 1.59 bits per heavy atom. The lowest BCUT2D eigenvalue weighted by Gasteiger charge is -2.33. The van der Waals surface area contributed by atoms with Crippen LogP contribution in [0.3, 0.4) is 0 Å². The molecule has 0 radical (unpaired) electrons. The molecule has 1 amide bonds. The van der Waals surface area contributed by atoms with Crippen molar-refractivity contribution in [1.29, 1.82) is 0 Å². The summed E-state index contributed by atoms with van der Waals surface area (Å²) in [5.41, 5.74) is 5.50. The third-order valence-electron chi connectivity index (χ3n) is 4.30. The van der Waals surface area contributed by atoms with Crippen molar-refractivity contribution < 1.29 is 19.5 Å². The van der Waals surface area contributed by atoms with Gasteiger partial charge >= 0.3 is 0 Å². The molecule has 1 aliphatic heterocycles. The van der Waals surface area contributed by atoms with Gasteiger partial charge in [-0.3, -0.25) is 4.79 Å². The average molecular weight is 505 g/mol. The number of aliphatic hydroxyl groups is 1. The number of halogens is 2. The number of aryl methyl sites for hydroxylation is 1. The van der Waals surface area contributed by atoms with Crippen molar-refractivity contribution in [3.8, 4) is 0 Å². The van der Waals surface area contributed by atoms with E-state index in [0.29, 0.717) is 40.1 Å². The van der Waals surface area contributed by atoms with Gasteiger partial charge in [0, 0.05) is 18.7 Å². The van der Waals surface area contributed by atoms with E-state index in [1.54, 1.807) is 12.3 Å². The number of imidazole rings is 1. The van der Waals surface area contributed by atoms with Crippen molar-refractivity contribution in [2.24, 2.45) is 5.16 Å². The van der Waals surface area contributed by atoms with Crippen LogP contribution in [-0.2, 0) is 20.8 Å². The van der Waals surface area contributed by atoms with Crippen LogP contribution in [0.4, 0.5) is 5.95 Å². The molecule has 0 fully saturated rings. The molecular weight excluding hydrogens is 486 g/mol. The van der Waals surface area contributed by atoms with Crippen LogP contribution >= 0.6 is 31.9 Å². The molecule has 1 spiro atoms. The van der Waals surface area contributed by atoms with E-state index >= 15 is 0 Å². The fourth-order valence-electron chi connectivity index (χ4n) is 2.91. The fraction of sp³-hybridized carbons (Fsp3) is 0.438. The van der Waals surface area contributed by atoms with E-state index in [1.165, 1.54) is 7.11 Å². The van der Waals surface area contributed by atoms with Gasteiger partial charge in [-0.15, -0.1) is 0 Å². The van der Waals surface area contributed by atoms with Gasteiger partial charge in [0.2, 0.25) is 0 Å². The molecule has 1 aromatic heterocycles. The number of allylic oxidation sites excluding steroid dienone is 1. The predicted octanol–water partition coefficient (Wildman–Crippen LogP) is 1.46. The summed E-state index contributed by atoms with van der Waals surface area (Å²) < 4.78 is 6.27. The highest BCUT2D eigenvalue weighted by Crippen LogP contribution is 2.43. The predicted molar refractivity (Wildman–Crippen MR) is 106 cm³/mol. The molecule has 2 aliphatic rings. The van der Waals surface area contributed by atoms with E-state index in [9.17, 15) is 9.90 Å². The molecule has 3 rings (SSSR count). The molecule has 11 heteroatoms. The van der Waals surface area contributed by atoms with Crippen molar-refractivity contribution in [3.63, 3.8) is 0 Å². The molecule has 5 N–H and O–H groups in total. The van der Waals surface area contributed by atoms with Gasteiger partial charge in [0.05, 0.1) is 22.3 Å². The minimum absolute atomic E-state index is 0.137. The molecule has 2 atom stereocenters. The number of nitrogens with zero attached hydrogens (tertiary/aromatic N) is 2. The highest BCUT2D eigenvalue weighted by atomic mass is 79.9. The Labute approximate surface area is 172 Å². The number of aromatic amines is 1. The molecule has 1 aromatic rings. The first kappa shape index (κ1) is 19.9. The first-order chi connectivity index (χ1) is 12.9. The van der Waals surface area contributed by atoms with Crippen molar-refractivity contribution in [2.75, 3.05) is 19.4 Å². The number of hydrogen-bond donors (Lipinski definition) is 4. The second kappa shape index (κ2) is 8.03. The monoisotopic (exact) mass is 503 g/mol. The van der Waals surface area contributed by atoms with Gasteiger partial charge in [0.15, 0.2) is 11.5 Å². The fourth-order valence-corrected chi connectivity index (χ4v) is 4.70. The normalized spacial score (nSPS) is 24.5. The second-order valence-corrected chi connectivity index (χ2v) is 7.90. The number of aromatic nitrogens is 2. The molecule has 0 bridgehead atoms. The molecule has 0 saturated heterocycles. The number of rotatable bonds is 6. The van der Waals surface area contributed by atoms with Crippen LogP contribution in [0.25, 0.3) is 0 Å². The maximum absolute atomic E-state index is 12.4. The maximum atomic E-state index is 12.4. The maximum Gasteiger partial charge on any atom is 0.269 e. The summed E-state index contributed by atoms with van der Waals surface area (Å²) in [7, 11) is 1.50. The zero-order valence-electron chi connectivity index (χ0n) is 14.5. The number of amides is 1. The molecule has 0 aromatic carbocycles. The molecule has 9 nitrogen and oxygen atoms in total. The van der Waals surface area contributed by atoms with E-state index < -0.39 is 11.7 Å². The highest BCUT2D eigenvalue weighted by molar-refractivity contribution is 9.12. The van der Waals surface area contributed by atoms with E-state index in [4.69, 9.17) is 15.3 Å². The van der Waals surface area contributed by atoms with Crippen molar-refractivity contribution >= 4 is 49.4 Å². The Kier molecular flexibility index (Phi) is 5.92. The lowest BCUT2D eigenvalue weighted by Crippen LogP contribution is -2.45. The average Bonchev–Trinajstić information content (AvgIpc) is 3.24. The Hall–Kier alpha value is -1.85. The number of methoxy groups -OCH3 is 1. The molecular formula is C16H19Br2N5O4. The van der Waals surface area contributed by atoms with E-state index in [0.717, 1.165) is 5.69 Å². The Bertz CT molecular complexity index is 835. The third-order valence-corrected chi connectivity index (χ3v) is 5.68. The Balaban J connectivity index is 1.54. The van der Waals surface area contributed by atoms with Gasteiger partial charge in [-0.05, 0) is 50.8 Å². The summed E-state index contributed by atoms with van der Waals surface area (Å²) in [6.45, 7) is 0.462. The number of anilines is 1. The van der Waals surface area contributed by atoms with Crippen LogP contribution in [0.1, 0.15) is 18.5 Å². The summed E-state index contributed by atoms with van der Waals surface area (Å²) >= 11 is 6.71. The zero-order valence-corrected chi connectivity index (χ0v) is 17.6. The molecule has 27 heavy (non-hydrogen) atoms. The largest absolute Gasteiger partial charge is 0.495 e. The van der Waals surface area contributed by atoms with Crippen LogP contribution in [0, 0.1) is 0 Å². The van der Waals surface area contributed by atoms with Crippen molar-refractivity contribution in [2.45, 2.75) is 31.0 Å². The van der Waals surface area contributed by atoms with E-state index in [1.807, 2.05) is 0 Å². The number of nitrogens with one attached hydrogen (secondary N) is 2. The van der Waals surface area contributed by atoms with Gasteiger partial charge < -0.3 is 30.7 Å². The van der Waals surface area contributed by atoms with Gasteiger partial charge in [-0.25, -0.2) is 4.98 Å². The lowest BCUT2D eigenvalue weighted by molar-refractivity contribution is -0.114. The van der Waals surface area contributed by atoms with Crippen LogP contribution in [0.5, 0.6) is 0 Å². The smallest absolute Gasteiger partial charge is 0.269 e. The number of oxime groups is 1. The van der Waals surface area contributed by atoms with Crippen molar-refractivity contribution in [1.82, 2.24) is 15.3 Å². The number of carbonyl (C=O) groups excluding carboxylic acids is 1. The van der Waals surface area contributed by atoms with Crippen LogP contribution in [-0.4, -0.2) is 52.1 Å². The minimum Gasteiger partial charge on any atom is -0.495 e. The van der Waals surface area contributed by atoms with Gasteiger partial charge in [0.25, 0.3) is 5.91 Å². The SMILES string of the molecule is COC1=C(Br)[C@@H](O)[C@]2(C=C1Br)CC(C(=O)NCCCc1cnc(N)[nH]1)=NO2. The van der Waals surface area contributed by atoms with Crippen LogP contribution in [0.2, 0.25) is 0 Å². The highest BCUT2D eigenvalue weighted by Gasteiger charge is 2.50.